The van der Waals surface area contributed by atoms with Crippen molar-refractivity contribution in [3.8, 4) is 0 Å². The number of aromatic nitrogens is 1. The molecule has 0 bridgehead atoms. The molecule has 5 heteroatoms. The minimum absolute atomic E-state index is 0.000976. The predicted octanol–water partition coefficient (Wildman–Crippen LogP) is 7.64. The summed E-state index contributed by atoms with van der Waals surface area (Å²) < 4.78 is 2.24. The maximum absolute atomic E-state index is 14.2. The second-order valence-electron chi connectivity index (χ2n) is 9.49. The molecule has 0 N–H and O–H groups in total. The van der Waals surface area contributed by atoms with Crippen molar-refractivity contribution < 1.29 is 14.4 Å². The molecule has 186 valence electrons. The molecule has 0 spiro atoms. The zero-order valence-corrected chi connectivity index (χ0v) is 21.5. The number of carbonyl (C=O) groups is 2. The molecule has 1 heterocycles. The van der Waals surface area contributed by atoms with E-state index in [1.54, 1.807) is 0 Å². The lowest BCUT2D eigenvalue weighted by Crippen LogP contribution is -2.04. The Morgan fingerprint density at radius 2 is 1.26 bits per heavy atom. The standard InChI is InChI=1S/C33H26N2O3/c1-4-35-30-15-13-22(20(2)34-38-21(3)36)18-28(30)29-19-25(14-16-31(29)35)33(37)32-26-11-7-5-9-23(26)17-24-10-6-8-12-27(24)32/h5-19H,4H2,1-3H3/b34-20+. The third-order valence-corrected chi connectivity index (χ3v) is 7.17. The van der Waals surface area contributed by atoms with Crippen LogP contribution in [0.4, 0.5) is 0 Å². The van der Waals surface area contributed by atoms with E-state index in [0.29, 0.717) is 11.3 Å². The van der Waals surface area contributed by atoms with Gasteiger partial charge in [-0.15, -0.1) is 0 Å². The highest BCUT2D eigenvalue weighted by Crippen LogP contribution is 2.34. The van der Waals surface area contributed by atoms with Crippen LogP contribution < -0.4 is 0 Å². The van der Waals surface area contributed by atoms with E-state index in [0.717, 1.165) is 61.0 Å². The SMILES string of the molecule is CCn1c2ccc(C(=O)c3c4ccccc4cc4ccccc34)cc2c2cc(/C(C)=N/OC(C)=O)ccc21. The van der Waals surface area contributed by atoms with E-state index >= 15 is 0 Å². The summed E-state index contributed by atoms with van der Waals surface area (Å²) in [4.78, 5) is 30.3. The third kappa shape index (κ3) is 3.84. The Labute approximate surface area is 219 Å². The lowest BCUT2D eigenvalue weighted by atomic mass is 9.91. The molecule has 6 aromatic rings. The fraction of sp³-hybridized carbons (Fsp3) is 0.121. The monoisotopic (exact) mass is 498 g/mol. The van der Waals surface area contributed by atoms with Crippen LogP contribution in [-0.2, 0) is 16.2 Å². The molecule has 0 unspecified atom stereocenters. The number of hydrogen-bond acceptors (Lipinski definition) is 4. The van der Waals surface area contributed by atoms with Crippen molar-refractivity contribution in [2.24, 2.45) is 5.16 Å². The van der Waals surface area contributed by atoms with Crippen molar-refractivity contribution in [3.63, 3.8) is 0 Å². The van der Waals surface area contributed by atoms with Gasteiger partial charge in [0.05, 0.1) is 5.71 Å². The Bertz CT molecular complexity index is 1890. The van der Waals surface area contributed by atoms with Crippen molar-refractivity contribution in [2.45, 2.75) is 27.3 Å². The van der Waals surface area contributed by atoms with Gasteiger partial charge in [0.1, 0.15) is 0 Å². The van der Waals surface area contributed by atoms with Gasteiger partial charge in [-0.2, -0.15) is 0 Å². The van der Waals surface area contributed by atoms with E-state index in [4.69, 9.17) is 4.84 Å². The van der Waals surface area contributed by atoms with Crippen LogP contribution >= 0.6 is 0 Å². The average Bonchev–Trinajstić information content (AvgIpc) is 3.26. The van der Waals surface area contributed by atoms with Gasteiger partial charge in [0, 0.05) is 46.4 Å². The van der Waals surface area contributed by atoms with Crippen molar-refractivity contribution in [2.75, 3.05) is 0 Å². The van der Waals surface area contributed by atoms with Crippen LogP contribution in [0.2, 0.25) is 0 Å². The molecular formula is C33H26N2O3. The first-order valence-corrected chi connectivity index (χ1v) is 12.7. The number of oxime groups is 1. The van der Waals surface area contributed by atoms with Gasteiger partial charge in [-0.3, -0.25) is 4.79 Å². The van der Waals surface area contributed by atoms with Gasteiger partial charge in [-0.1, -0.05) is 59.8 Å². The number of rotatable bonds is 5. The van der Waals surface area contributed by atoms with E-state index in [9.17, 15) is 9.59 Å². The molecule has 0 atom stereocenters. The number of carbonyl (C=O) groups excluding carboxylic acids is 2. The second kappa shape index (κ2) is 9.27. The number of fused-ring (bicyclic) bond motifs is 5. The number of aryl methyl sites for hydroxylation is 1. The number of nitrogens with zero attached hydrogens (tertiary/aromatic N) is 2. The van der Waals surface area contributed by atoms with Crippen molar-refractivity contribution >= 4 is 60.8 Å². The van der Waals surface area contributed by atoms with Crippen molar-refractivity contribution in [1.29, 1.82) is 0 Å². The Morgan fingerprint density at radius 1 is 0.711 bits per heavy atom. The van der Waals surface area contributed by atoms with Crippen LogP contribution in [0.1, 0.15) is 42.3 Å². The first-order valence-electron chi connectivity index (χ1n) is 12.7. The molecule has 5 aromatic carbocycles. The average molecular weight is 499 g/mol. The highest BCUT2D eigenvalue weighted by atomic mass is 16.7. The summed E-state index contributed by atoms with van der Waals surface area (Å²) in [6.45, 7) is 6.04. The van der Waals surface area contributed by atoms with Crippen LogP contribution in [0.5, 0.6) is 0 Å². The summed E-state index contributed by atoms with van der Waals surface area (Å²) >= 11 is 0. The molecule has 0 saturated heterocycles. The minimum atomic E-state index is -0.461. The molecule has 0 aliphatic heterocycles. The Hall–Kier alpha value is -4.77. The number of hydrogen-bond donors (Lipinski definition) is 0. The molecule has 0 amide bonds. The first kappa shape index (κ1) is 23.6. The Balaban J connectivity index is 1.56. The molecule has 1 aromatic heterocycles. The highest BCUT2D eigenvalue weighted by Gasteiger charge is 2.19. The van der Waals surface area contributed by atoms with Crippen LogP contribution in [0.3, 0.4) is 0 Å². The normalized spacial score (nSPS) is 12.0. The van der Waals surface area contributed by atoms with Gasteiger partial charge < -0.3 is 9.40 Å². The molecular weight excluding hydrogens is 472 g/mol. The van der Waals surface area contributed by atoms with Gasteiger partial charge in [0.2, 0.25) is 0 Å². The van der Waals surface area contributed by atoms with E-state index < -0.39 is 5.97 Å². The molecule has 0 fully saturated rings. The molecule has 0 aliphatic carbocycles. The summed E-state index contributed by atoms with van der Waals surface area (Å²) in [5.74, 6) is -0.460. The fourth-order valence-corrected chi connectivity index (χ4v) is 5.40. The van der Waals surface area contributed by atoms with Crippen LogP contribution in [-0.4, -0.2) is 22.0 Å². The molecule has 0 aliphatic rings. The van der Waals surface area contributed by atoms with Gasteiger partial charge >= 0.3 is 5.97 Å². The van der Waals surface area contributed by atoms with E-state index in [1.165, 1.54) is 6.92 Å². The van der Waals surface area contributed by atoms with E-state index in [1.807, 2.05) is 73.7 Å². The van der Waals surface area contributed by atoms with Crippen LogP contribution in [0.25, 0.3) is 43.4 Å². The Kier molecular flexibility index (Phi) is 5.76. The zero-order valence-electron chi connectivity index (χ0n) is 21.5. The molecule has 5 nitrogen and oxygen atoms in total. The quantitative estimate of drug-likeness (QED) is 0.0807. The topological polar surface area (TPSA) is 60.7 Å². The third-order valence-electron chi connectivity index (χ3n) is 7.17. The first-order chi connectivity index (χ1) is 18.5. The molecule has 0 radical (unpaired) electrons. The maximum atomic E-state index is 14.2. The number of ketones is 1. The van der Waals surface area contributed by atoms with Crippen molar-refractivity contribution in [1.82, 2.24) is 4.57 Å². The highest BCUT2D eigenvalue weighted by molar-refractivity contribution is 6.25. The van der Waals surface area contributed by atoms with Gasteiger partial charge in [0.15, 0.2) is 5.78 Å². The van der Waals surface area contributed by atoms with Gasteiger partial charge in [-0.25, -0.2) is 4.79 Å². The maximum Gasteiger partial charge on any atom is 0.331 e. The molecule has 0 saturated carbocycles. The second-order valence-corrected chi connectivity index (χ2v) is 9.49. The zero-order chi connectivity index (χ0) is 26.4. The minimum Gasteiger partial charge on any atom is -0.341 e. The summed E-state index contributed by atoms with van der Waals surface area (Å²) in [6, 6.07) is 30.3. The smallest absolute Gasteiger partial charge is 0.331 e. The van der Waals surface area contributed by atoms with E-state index in [2.05, 4.69) is 40.9 Å². The van der Waals surface area contributed by atoms with Crippen molar-refractivity contribution in [3.05, 3.63) is 108 Å². The number of benzene rings is 5. The predicted molar refractivity (Wildman–Crippen MR) is 154 cm³/mol. The van der Waals surface area contributed by atoms with Crippen LogP contribution in [0, 0.1) is 0 Å². The lowest BCUT2D eigenvalue weighted by molar-refractivity contribution is -0.140. The largest absolute Gasteiger partial charge is 0.341 e. The summed E-state index contributed by atoms with van der Waals surface area (Å²) in [5, 5.41) is 9.97. The van der Waals surface area contributed by atoms with E-state index in [-0.39, 0.29) is 5.78 Å². The van der Waals surface area contributed by atoms with Gasteiger partial charge in [0.25, 0.3) is 0 Å². The van der Waals surface area contributed by atoms with Gasteiger partial charge in [-0.05, 0) is 77.4 Å². The van der Waals surface area contributed by atoms with Crippen LogP contribution in [0.15, 0.2) is 96.2 Å². The molecule has 38 heavy (non-hydrogen) atoms. The summed E-state index contributed by atoms with van der Waals surface area (Å²) in [6.07, 6.45) is 0. The molecule has 6 rings (SSSR count). The Morgan fingerprint density at radius 3 is 1.84 bits per heavy atom. The summed E-state index contributed by atoms with van der Waals surface area (Å²) in [5.41, 5.74) is 4.96. The lowest BCUT2D eigenvalue weighted by Gasteiger charge is -2.11. The fourth-order valence-electron chi connectivity index (χ4n) is 5.40. The summed E-state index contributed by atoms with van der Waals surface area (Å²) in [7, 11) is 0.